The van der Waals surface area contributed by atoms with Crippen LogP contribution in [0.3, 0.4) is 0 Å². The van der Waals surface area contributed by atoms with E-state index in [1.807, 2.05) is 0 Å². The van der Waals surface area contributed by atoms with E-state index in [1.54, 1.807) is 5.57 Å². The Kier molecular flexibility index (Phi) is 7.00. The predicted octanol–water partition coefficient (Wildman–Crippen LogP) is 5.67. The van der Waals surface area contributed by atoms with Crippen molar-refractivity contribution in [1.29, 1.82) is 0 Å². The average molecular weight is 232 g/mol. The van der Waals surface area contributed by atoms with E-state index >= 15 is 0 Å². The summed E-state index contributed by atoms with van der Waals surface area (Å²) in [5.74, 6) is 1.65. The summed E-state index contributed by atoms with van der Waals surface area (Å²) in [6.45, 7) is 6.99. The number of hydrogen-bond donors (Lipinski definition) is 0. The van der Waals surface area contributed by atoms with Crippen molar-refractivity contribution in [2.24, 2.45) is 11.8 Å². The van der Waals surface area contributed by atoms with Gasteiger partial charge in [-0.15, -0.1) is 0 Å². The Hall–Kier alpha value is -0.780. The molecule has 0 N–H and O–H groups in total. The smallest absolute Gasteiger partial charge is 0.0163 e. The fourth-order valence-electron chi connectivity index (χ4n) is 2.35. The lowest BCUT2D eigenvalue weighted by Crippen LogP contribution is -2.05. The molecule has 0 amide bonds. The van der Waals surface area contributed by atoms with Crippen molar-refractivity contribution < 1.29 is 0 Å². The van der Waals surface area contributed by atoms with E-state index in [1.165, 1.54) is 25.7 Å². The van der Waals surface area contributed by atoms with Gasteiger partial charge in [-0.1, -0.05) is 64.0 Å². The topological polar surface area (TPSA) is 0 Å². The van der Waals surface area contributed by atoms with Crippen LogP contribution in [0.2, 0.25) is 0 Å². The molecule has 17 heavy (non-hydrogen) atoms. The molecule has 0 aromatic carbocycles. The molecule has 0 aromatic heterocycles. The van der Waals surface area contributed by atoms with E-state index in [0.717, 1.165) is 24.7 Å². The molecule has 1 rings (SSSR count). The van der Waals surface area contributed by atoms with Gasteiger partial charge in [-0.25, -0.2) is 0 Å². The Labute approximate surface area is 108 Å². The molecule has 0 fully saturated rings. The molecular formula is C17H28. The Morgan fingerprint density at radius 2 is 1.76 bits per heavy atom. The molecule has 0 bridgehead atoms. The van der Waals surface area contributed by atoms with Gasteiger partial charge >= 0.3 is 0 Å². The zero-order valence-corrected chi connectivity index (χ0v) is 11.8. The van der Waals surface area contributed by atoms with Gasteiger partial charge in [0.1, 0.15) is 0 Å². The largest absolute Gasteiger partial charge is 0.0844 e. The summed E-state index contributed by atoms with van der Waals surface area (Å²) in [5.41, 5.74) is 1.57. The highest BCUT2D eigenvalue weighted by Gasteiger charge is 2.11. The molecule has 0 nitrogen and oxygen atoms in total. The molecule has 0 unspecified atom stereocenters. The molecular weight excluding hydrogens is 204 g/mol. The monoisotopic (exact) mass is 232 g/mol. The van der Waals surface area contributed by atoms with Crippen LogP contribution in [-0.4, -0.2) is 0 Å². The zero-order chi connectivity index (χ0) is 12.5. The lowest BCUT2D eigenvalue weighted by molar-refractivity contribution is 0.431. The molecule has 0 saturated carbocycles. The second-order valence-electron chi connectivity index (χ2n) is 5.25. The van der Waals surface area contributed by atoms with E-state index < -0.39 is 0 Å². The van der Waals surface area contributed by atoms with Crippen LogP contribution in [0.1, 0.15) is 59.3 Å². The summed E-state index contributed by atoms with van der Waals surface area (Å²) < 4.78 is 0. The van der Waals surface area contributed by atoms with Gasteiger partial charge < -0.3 is 0 Å². The summed E-state index contributed by atoms with van der Waals surface area (Å²) in [7, 11) is 0. The first-order valence-electron chi connectivity index (χ1n) is 7.29. The van der Waals surface area contributed by atoms with Crippen LogP contribution in [0.25, 0.3) is 0 Å². The third-order valence-electron chi connectivity index (χ3n) is 3.91. The van der Waals surface area contributed by atoms with Crippen LogP contribution in [0.15, 0.2) is 36.0 Å². The van der Waals surface area contributed by atoms with Gasteiger partial charge in [-0.2, -0.15) is 0 Å². The van der Waals surface area contributed by atoms with Crippen molar-refractivity contribution in [1.82, 2.24) is 0 Å². The predicted molar refractivity (Wildman–Crippen MR) is 78.1 cm³/mol. The molecule has 0 radical (unpaired) electrons. The maximum atomic E-state index is 2.41. The van der Waals surface area contributed by atoms with E-state index in [9.17, 15) is 0 Å². The summed E-state index contributed by atoms with van der Waals surface area (Å²) >= 11 is 0. The van der Waals surface area contributed by atoms with E-state index in [2.05, 4.69) is 51.2 Å². The van der Waals surface area contributed by atoms with E-state index in [-0.39, 0.29) is 0 Å². The second kappa shape index (κ2) is 8.33. The fourth-order valence-corrected chi connectivity index (χ4v) is 2.35. The Morgan fingerprint density at radius 1 is 1.00 bits per heavy atom. The average Bonchev–Trinajstić information content (AvgIpc) is 2.31. The molecule has 1 aliphatic rings. The molecule has 96 valence electrons. The molecule has 0 spiro atoms. The molecule has 0 heterocycles. The third-order valence-corrected chi connectivity index (χ3v) is 3.91. The maximum absolute atomic E-state index is 2.41. The van der Waals surface area contributed by atoms with Gasteiger partial charge in [0.25, 0.3) is 0 Å². The van der Waals surface area contributed by atoms with Gasteiger partial charge in [0.2, 0.25) is 0 Å². The molecule has 0 saturated heterocycles. The van der Waals surface area contributed by atoms with Crippen LogP contribution < -0.4 is 0 Å². The summed E-state index contributed by atoms with van der Waals surface area (Å²) in [6.07, 6.45) is 19.1. The first-order valence-corrected chi connectivity index (χ1v) is 7.29. The van der Waals surface area contributed by atoms with Gasteiger partial charge in [0.05, 0.1) is 0 Å². The number of allylic oxidation sites excluding steroid dienone is 6. The first-order chi connectivity index (χ1) is 8.27. The van der Waals surface area contributed by atoms with Crippen molar-refractivity contribution in [3.05, 3.63) is 36.0 Å². The summed E-state index contributed by atoms with van der Waals surface area (Å²) in [6, 6.07) is 0. The Bertz CT molecular complexity index is 280. The minimum absolute atomic E-state index is 0.770. The first kappa shape index (κ1) is 14.3. The second-order valence-corrected chi connectivity index (χ2v) is 5.25. The molecule has 2 atom stereocenters. The lowest BCUT2D eigenvalue weighted by atomic mass is 9.87. The van der Waals surface area contributed by atoms with Crippen LogP contribution in [-0.2, 0) is 0 Å². The zero-order valence-electron chi connectivity index (χ0n) is 11.8. The Morgan fingerprint density at radius 3 is 2.47 bits per heavy atom. The lowest BCUT2D eigenvalue weighted by Gasteiger charge is -2.19. The van der Waals surface area contributed by atoms with Crippen LogP contribution in [0, 0.1) is 11.8 Å². The fraction of sp³-hybridized carbons (Fsp3) is 0.647. The highest BCUT2D eigenvalue weighted by molar-refractivity contribution is 5.24. The summed E-state index contributed by atoms with van der Waals surface area (Å²) in [5, 5.41) is 0. The molecule has 0 aromatic rings. The van der Waals surface area contributed by atoms with Gasteiger partial charge in [-0.05, 0) is 43.1 Å². The van der Waals surface area contributed by atoms with Gasteiger partial charge in [-0.3, -0.25) is 0 Å². The van der Waals surface area contributed by atoms with Crippen LogP contribution >= 0.6 is 0 Å². The van der Waals surface area contributed by atoms with Crippen molar-refractivity contribution in [2.45, 2.75) is 59.3 Å². The minimum atomic E-state index is 0.770. The molecule has 0 heteroatoms. The standard InChI is InChI=1S/C17H28/c1-4-15(3)13-14-16(5-2)17-11-9-7-6-8-10-12-17/h6-7,10-12,15-16H,4-5,8-9,13-14H2,1-3H3/b7-6-,12-10-,17-11+/t15-,16-/m1/s1. The quantitative estimate of drug-likeness (QED) is 0.517. The molecule has 1 aliphatic carbocycles. The minimum Gasteiger partial charge on any atom is -0.0844 e. The molecule has 0 aliphatic heterocycles. The SMILES string of the molecule is CC[C@@H](C)CC[C@@H](CC)C1=C/C/C=C\C/C=C\1. The van der Waals surface area contributed by atoms with Crippen molar-refractivity contribution in [2.75, 3.05) is 0 Å². The van der Waals surface area contributed by atoms with Crippen molar-refractivity contribution in [3.63, 3.8) is 0 Å². The van der Waals surface area contributed by atoms with E-state index in [4.69, 9.17) is 0 Å². The van der Waals surface area contributed by atoms with Gasteiger partial charge in [0.15, 0.2) is 0 Å². The Balaban J connectivity index is 2.56. The van der Waals surface area contributed by atoms with Crippen LogP contribution in [0.5, 0.6) is 0 Å². The maximum Gasteiger partial charge on any atom is -0.0163 e. The van der Waals surface area contributed by atoms with Gasteiger partial charge in [0, 0.05) is 0 Å². The highest BCUT2D eigenvalue weighted by Crippen LogP contribution is 2.26. The normalized spacial score (nSPS) is 26.2. The van der Waals surface area contributed by atoms with Crippen molar-refractivity contribution >= 4 is 0 Å². The number of rotatable bonds is 6. The van der Waals surface area contributed by atoms with Crippen LogP contribution in [0.4, 0.5) is 0 Å². The third kappa shape index (κ3) is 5.39. The van der Waals surface area contributed by atoms with Crippen molar-refractivity contribution in [3.8, 4) is 0 Å². The summed E-state index contributed by atoms with van der Waals surface area (Å²) in [4.78, 5) is 0. The highest BCUT2D eigenvalue weighted by atomic mass is 14.2. The number of hydrogen-bond acceptors (Lipinski definition) is 0. The van der Waals surface area contributed by atoms with E-state index in [0.29, 0.717) is 0 Å².